The standard InChI is InChI=1S/C24H29N5O5S/c1-16-6-8-22(17(2)12-16)27-35(32,33)21-7-9-23(24(14-21)29(30)31)26-25-15-20-13-18(3)28(19(20)4)10-11-34-5/h6-9,12-15,26-27H,10-11H2,1-5H3. The highest BCUT2D eigenvalue weighted by molar-refractivity contribution is 7.92. The highest BCUT2D eigenvalue weighted by Gasteiger charge is 2.22. The first-order chi connectivity index (χ1) is 16.5. The van der Waals surface area contributed by atoms with Crippen molar-refractivity contribution in [1.29, 1.82) is 0 Å². The van der Waals surface area contributed by atoms with Crippen molar-refractivity contribution in [2.24, 2.45) is 5.10 Å². The smallest absolute Gasteiger partial charge is 0.295 e. The minimum atomic E-state index is -4.03. The first-order valence-electron chi connectivity index (χ1n) is 10.9. The van der Waals surface area contributed by atoms with E-state index in [4.69, 9.17) is 4.74 Å². The number of hydrogen-bond acceptors (Lipinski definition) is 7. The lowest BCUT2D eigenvalue weighted by Crippen LogP contribution is -2.14. The van der Waals surface area contributed by atoms with Crippen LogP contribution in [0, 0.1) is 37.8 Å². The van der Waals surface area contributed by atoms with Gasteiger partial charge in [-0.05, 0) is 57.5 Å². The Balaban J connectivity index is 1.83. The van der Waals surface area contributed by atoms with E-state index in [9.17, 15) is 18.5 Å². The second-order valence-corrected chi connectivity index (χ2v) is 9.88. The molecule has 11 heteroatoms. The second-order valence-electron chi connectivity index (χ2n) is 8.20. The fourth-order valence-corrected chi connectivity index (χ4v) is 4.86. The molecule has 0 aliphatic heterocycles. The van der Waals surface area contributed by atoms with Crippen LogP contribution in [0.1, 0.15) is 28.1 Å². The fraction of sp³-hybridized carbons (Fsp3) is 0.292. The lowest BCUT2D eigenvalue weighted by atomic mass is 10.1. The molecule has 2 aromatic carbocycles. The van der Waals surface area contributed by atoms with Crippen molar-refractivity contribution in [3.63, 3.8) is 0 Å². The molecule has 3 rings (SSSR count). The molecular formula is C24H29N5O5S. The number of ether oxygens (including phenoxy) is 1. The van der Waals surface area contributed by atoms with Gasteiger partial charge in [0.05, 0.1) is 28.3 Å². The topological polar surface area (TPSA) is 128 Å². The van der Waals surface area contributed by atoms with Gasteiger partial charge in [-0.3, -0.25) is 20.3 Å². The number of nitrogens with zero attached hydrogens (tertiary/aromatic N) is 3. The van der Waals surface area contributed by atoms with Gasteiger partial charge >= 0.3 is 0 Å². The maximum absolute atomic E-state index is 12.9. The van der Waals surface area contributed by atoms with E-state index in [2.05, 4.69) is 19.8 Å². The van der Waals surface area contributed by atoms with Crippen LogP contribution in [-0.4, -0.2) is 37.8 Å². The molecule has 35 heavy (non-hydrogen) atoms. The van der Waals surface area contributed by atoms with Crippen molar-refractivity contribution in [1.82, 2.24) is 4.57 Å². The Morgan fingerprint density at radius 2 is 1.80 bits per heavy atom. The average Bonchev–Trinajstić information content (AvgIpc) is 3.06. The van der Waals surface area contributed by atoms with Crippen molar-refractivity contribution >= 4 is 33.3 Å². The number of benzene rings is 2. The van der Waals surface area contributed by atoms with E-state index in [0.717, 1.165) is 34.1 Å². The predicted octanol–water partition coefficient (Wildman–Crippen LogP) is 4.52. The zero-order valence-corrected chi connectivity index (χ0v) is 21.1. The largest absolute Gasteiger partial charge is 0.383 e. The third-order valence-electron chi connectivity index (χ3n) is 5.62. The Labute approximate surface area is 204 Å². The quantitative estimate of drug-likeness (QED) is 0.240. The van der Waals surface area contributed by atoms with E-state index in [1.165, 1.54) is 12.1 Å². The number of methoxy groups -OCH3 is 1. The van der Waals surface area contributed by atoms with E-state index < -0.39 is 20.6 Å². The van der Waals surface area contributed by atoms with Gasteiger partial charge in [-0.2, -0.15) is 5.10 Å². The second kappa shape index (κ2) is 10.7. The van der Waals surface area contributed by atoms with E-state index in [1.807, 2.05) is 32.9 Å². The van der Waals surface area contributed by atoms with Gasteiger partial charge in [-0.25, -0.2) is 8.42 Å². The van der Waals surface area contributed by atoms with Crippen LogP contribution in [0.4, 0.5) is 17.1 Å². The van der Waals surface area contributed by atoms with Crippen LogP contribution in [0.15, 0.2) is 52.5 Å². The molecule has 0 radical (unpaired) electrons. The Morgan fingerprint density at radius 1 is 1.09 bits per heavy atom. The van der Waals surface area contributed by atoms with Crippen molar-refractivity contribution in [3.8, 4) is 0 Å². The fourth-order valence-electron chi connectivity index (χ4n) is 3.71. The summed E-state index contributed by atoms with van der Waals surface area (Å²) in [6.45, 7) is 8.89. The van der Waals surface area contributed by atoms with Crippen LogP contribution in [0.2, 0.25) is 0 Å². The molecule has 0 fully saturated rings. The van der Waals surface area contributed by atoms with Gasteiger partial charge in [0.25, 0.3) is 15.7 Å². The number of anilines is 2. The summed E-state index contributed by atoms with van der Waals surface area (Å²) in [5.74, 6) is 0. The molecule has 0 spiro atoms. The van der Waals surface area contributed by atoms with Gasteiger partial charge in [0, 0.05) is 36.7 Å². The maximum Gasteiger partial charge on any atom is 0.295 e. The summed E-state index contributed by atoms with van der Waals surface area (Å²) < 4.78 is 35.5. The van der Waals surface area contributed by atoms with Crippen LogP contribution < -0.4 is 10.1 Å². The zero-order chi connectivity index (χ0) is 25.8. The van der Waals surface area contributed by atoms with Gasteiger partial charge in [0.1, 0.15) is 5.69 Å². The molecule has 1 aromatic heterocycles. The van der Waals surface area contributed by atoms with E-state index in [0.29, 0.717) is 18.8 Å². The van der Waals surface area contributed by atoms with Crippen LogP contribution in [0.3, 0.4) is 0 Å². The molecule has 1 heterocycles. The number of aromatic nitrogens is 1. The Hall–Kier alpha value is -3.70. The van der Waals surface area contributed by atoms with Crippen molar-refractivity contribution in [2.75, 3.05) is 23.9 Å². The molecular weight excluding hydrogens is 470 g/mol. The number of nitrogens with one attached hydrogen (secondary N) is 2. The molecule has 0 atom stereocenters. The summed E-state index contributed by atoms with van der Waals surface area (Å²) in [7, 11) is -2.39. The molecule has 3 aromatic rings. The Kier molecular flexibility index (Phi) is 7.92. The number of rotatable bonds is 10. The molecule has 10 nitrogen and oxygen atoms in total. The van der Waals surface area contributed by atoms with Crippen LogP contribution in [0.5, 0.6) is 0 Å². The average molecular weight is 500 g/mol. The van der Waals surface area contributed by atoms with Crippen molar-refractivity contribution in [2.45, 2.75) is 39.1 Å². The maximum atomic E-state index is 12.9. The van der Waals surface area contributed by atoms with Crippen LogP contribution >= 0.6 is 0 Å². The monoisotopic (exact) mass is 499 g/mol. The van der Waals surface area contributed by atoms with Gasteiger partial charge in [-0.15, -0.1) is 0 Å². The summed E-state index contributed by atoms with van der Waals surface area (Å²) in [5.41, 5.74) is 7.36. The minimum Gasteiger partial charge on any atom is -0.383 e. The first-order valence-corrected chi connectivity index (χ1v) is 12.3. The summed E-state index contributed by atoms with van der Waals surface area (Å²) in [6, 6.07) is 10.9. The Bertz CT molecular complexity index is 1380. The molecule has 0 saturated heterocycles. The summed E-state index contributed by atoms with van der Waals surface area (Å²) >= 11 is 0. The van der Waals surface area contributed by atoms with Gasteiger partial charge in [0.2, 0.25) is 0 Å². The number of hydrogen-bond donors (Lipinski definition) is 2. The normalized spacial score (nSPS) is 11.7. The van der Waals surface area contributed by atoms with Crippen molar-refractivity contribution < 1.29 is 18.1 Å². The molecule has 0 aliphatic carbocycles. The third kappa shape index (κ3) is 6.06. The third-order valence-corrected chi connectivity index (χ3v) is 6.99. The van der Waals surface area contributed by atoms with Gasteiger partial charge in [-0.1, -0.05) is 17.7 Å². The molecule has 0 bridgehead atoms. The SMILES string of the molecule is COCCn1c(C)cc(C=NNc2ccc(S(=O)(=O)Nc3ccc(C)cc3C)cc2[N+](=O)[O-])c1C. The number of sulfonamides is 1. The summed E-state index contributed by atoms with van der Waals surface area (Å²) in [6.07, 6.45) is 1.57. The van der Waals surface area contributed by atoms with E-state index in [-0.39, 0.29) is 10.6 Å². The molecule has 186 valence electrons. The number of aryl methyl sites for hydroxylation is 3. The highest BCUT2D eigenvalue weighted by atomic mass is 32.2. The van der Waals surface area contributed by atoms with E-state index >= 15 is 0 Å². The van der Waals surface area contributed by atoms with Crippen molar-refractivity contribution in [3.05, 3.63) is 80.7 Å². The van der Waals surface area contributed by atoms with Crippen LogP contribution in [0.25, 0.3) is 0 Å². The number of nitro benzene ring substituents is 1. The summed E-state index contributed by atoms with van der Waals surface area (Å²) in [5, 5.41) is 15.8. The molecule has 0 saturated carbocycles. The molecule has 0 aliphatic rings. The molecule has 0 unspecified atom stereocenters. The summed E-state index contributed by atoms with van der Waals surface area (Å²) in [4.78, 5) is 10.8. The zero-order valence-electron chi connectivity index (χ0n) is 20.3. The van der Waals surface area contributed by atoms with Gasteiger partial charge in [0.15, 0.2) is 0 Å². The van der Waals surface area contributed by atoms with E-state index in [1.54, 1.807) is 32.4 Å². The van der Waals surface area contributed by atoms with Crippen LogP contribution in [-0.2, 0) is 21.3 Å². The highest BCUT2D eigenvalue weighted by Crippen LogP contribution is 2.29. The Morgan fingerprint density at radius 3 is 2.46 bits per heavy atom. The number of nitro groups is 1. The minimum absolute atomic E-state index is 0.0740. The first kappa shape index (κ1) is 25.9. The van der Waals surface area contributed by atoms with Gasteiger partial charge < -0.3 is 9.30 Å². The lowest BCUT2D eigenvalue weighted by Gasteiger charge is -2.12. The predicted molar refractivity (Wildman–Crippen MR) is 137 cm³/mol. The number of hydrazone groups is 1. The molecule has 2 N–H and O–H groups in total. The molecule has 0 amide bonds. The lowest BCUT2D eigenvalue weighted by molar-refractivity contribution is -0.384.